The van der Waals surface area contributed by atoms with E-state index in [1.54, 1.807) is 0 Å². The molecule has 1 aliphatic rings. The molecule has 12 heavy (non-hydrogen) atoms. The monoisotopic (exact) mass is 174 g/mol. The first-order chi connectivity index (χ1) is 5.61. The lowest BCUT2D eigenvalue weighted by molar-refractivity contribution is -0.144. The minimum absolute atomic E-state index is 0.145. The number of carbonyl (C=O) groups is 2. The number of carboxylic acid groups (broad SMARTS) is 2. The van der Waals surface area contributed by atoms with Crippen LogP contribution >= 0.6 is 0 Å². The van der Waals surface area contributed by atoms with Crippen molar-refractivity contribution in [3.05, 3.63) is 0 Å². The number of aliphatic carboxylic acids is 2. The maximum atomic E-state index is 10.4. The van der Waals surface area contributed by atoms with Crippen LogP contribution in [0.5, 0.6) is 0 Å². The Morgan fingerprint density at radius 2 is 1.33 bits per heavy atom. The predicted molar refractivity (Wildman–Crippen MR) is 38.9 cm³/mol. The minimum Gasteiger partial charge on any atom is -0.480 e. The fourth-order valence-corrected chi connectivity index (χ4v) is 1.01. The Bertz CT molecular complexity index is 176. The van der Waals surface area contributed by atoms with E-state index in [0.717, 1.165) is 0 Å². The maximum absolute atomic E-state index is 10.4. The second-order valence-corrected chi connectivity index (χ2v) is 2.60. The molecule has 0 aromatic rings. The number of rotatable bonds is 2. The van der Waals surface area contributed by atoms with Crippen LogP contribution in [-0.4, -0.2) is 47.3 Å². The third kappa shape index (κ3) is 1.93. The maximum Gasteiger partial charge on any atom is 0.322 e. The van der Waals surface area contributed by atoms with Crippen molar-refractivity contribution in [1.29, 1.82) is 0 Å². The van der Waals surface area contributed by atoms with Gasteiger partial charge in [0.2, 0.25) is 0 Å². The number of piperazine rings is 1. The first kappa shape index (κ1) is 8.95. The van der Waals surface area contributed by atoms with Crippen LogP contribution in [0, 0.1) is 0 Å². The molecule has 2 atom stereocenters. The van der Waals surface area contributed by atoms with Crippen molar-refractivity contribution in [2.45, 2.75) is 12.1 Å². The van der Waals surface area contributed by atoms with Gasteiger partial charge in [0, 0.05) is 13.1 Å². The molecule has 0 bridgehead atoms. The SMILES string of the molecule is O=C(O)[C@@H]1CN[C@@H](C(=O)O)CN1. The van der Waals surface area contributed by atoms with Gasteiger partial charge in [0.25, 0.3) is 0 Å². The lowest BCUT2D eigenvalue weighted by Gasteiger charge is -2.25. The molecule has 0 radical (unpaired) electrons. The Hall–Kier alpha value is -1.14. The van der Waals surface area contributed by atoms with Crippen molar-refractivity contribution >= 4 is 11.9 Å². The van der Waals surface area contributed by atoms with Gasteiger partial charge in [0.05, 0.1) is 0 Å². The van der Waals surface area contributed by atoms with E-state index in [4.69, 9.17) is 10.2 Å². The summed E-state index contributed by atoms with van der Waals surface area (Å²) in [6.07, 6.45) is 0. The van der Waals surface area contributed by atoms with Crippen LogP contribution < -0.4 is 10.6 Å². The molecule has 0 aromatic carbocycles. The summed E-state index contributed by atoms with van der Waals surface area (Å²) in [5, 5.41) is 22.2. The summed E-state index contributed by atoms with van der Waals surface area (Å²) in [6.45, 7) is 0.290. The van der Waals surface area contributed by atoms with E-state index in [1.807, 2.05) is 0 Å². The van der Waals surface area contributed by atoms with Gasteiger partial charge in [-0.05, 0) is 0 Å². The van der Waals surface area contributed by atoms with Crippen molar-refractivity contribution in [3.8, 4) is 0 Å². The van der Waals surface area contributed by atoms with Crippen molar-refractivity contribution in [1.82, 2.24) is 10.6 Å². The molecule has 0 aromatic heterocycles. The molecule has 0 aliphatic carbocycles. The zero-order valence-corrected chi connectivity index (χ0v) is 6.28. The van der Waals surface area contributed by atoms with Crippen molar-refractivity contribution < 1.29 is 19.8 Å². The van der Waals surface area contributed by atoms with Crippen molar-refractivity contribution in [3.63, 3.8) is 0 Å². The van der Waals surface area contributed by atoms with Gasteiger partial charge in [-0.2, -0.15) is 0 Å². The highest BCUT2D eigenvalue weighted by atomic mass is 16.4. The largest absolute Gasteiger partial charge is 0.480 e. The third-order valence-electron chi connectivity index (χ3n) is 1.73. The van der Waals surface area contributed by atoms with Crippen molar-refractivity contribution in [2.24, 2.45) is 0 Å². The van der Waals surface area contributed by atoms with Crippen LogP contribution in [0.25, 0.3) is 0 Å². The van der Waals surface area contributed by atoms with E-state index in [2.05, 4.69) is 10.6 Å². The fourth-order valence-electron chi connectivity index (χ4n) is 1.01. The van der Waals surface area contributed by atoms with Gasteiger partial charge in [-0.3, -0.25) is 9.59 Å². The molecule has 1 heterocycles. The summed E-state index contributed by atoms with van der Waals surface area (Å²) in [6, 6.07) is -1.36. The number of hydrogen-bond donors (Lipinski definition) is 4. The van der Waals surface area contributed by atoms with Gasteiger partial charge in [0.1, 0.15) is 12.1 Å². The number of carboxylic acids is 2. The summed E-state index contributed by atoms with van der Waals surface area (Å²) in [4.78, 5) is 20.8. The van der Waals surface area contributed by atoms with E-state index in [1.165, 1.54) is 0 Å². The molecule has 1 aliphatic heterocycles. The van der Waals surface area contributed by atoms with Crippen LogP contribution in [0.3, 0.4) is 0 Å². The predicted octanol–water partition coefficient (Wildman–Crippen LogP) is -1.91. The zero-order chi connectivity index (χ0) is 9.14. The van der Waals surface area contributed by atoms with Crippen LogP contribution in [0.4, 0.5) is 0 Å². The van der Waals surface area contributed by atoms with Gasteiger partial charge < -0.3 is 20.8 Å². The Kier molecular flexibility index (Phi) is 2.61. The Balaban J connectivity index is 2.39. The molecule has 1 fully saturated rings. The average molecular weight is 174 g/mol. The molecular formula is C6H10N2O4. The lowest BCUT2D eigenvalue weighted by atomic mass is 10.1. The number of nitrogens with one attached hydrogen (secondary N) is 2. The second-order valence-electron chi connectivity index (χ2n) is 2.60. The van der Waals surface area contributed by atoms with Gasteiger partial charge in [-0.1, -0.05) is 0 Å². The highest BCUT2D eigenvalue weighted by molar-refractivity contribution is 5.77. The summed E-state index contributed by atoms with van der Waals surface area (Å²) in [7, 11) is 0. The highest BCUT2D eigenvalue weighted by Crippen LogP contribution is 1.93. The Labute approximate surface area is 68.6 Å². The Morgan fingerprint density at radius 3 is 1.50 bits per heavy atom. The molecule has 1 rings (SSSR count). The lowest BCUT2D eigenvalue weighted by Crippen LogP contribution is -2.59. The molecule has 0 unspecified atom stereocenters. The molecule has 0 saturated carbocycles. The van der Waals surface area contributed by atoms with E-state index in [9.17, 15) is 9.59 Å². The molecule has 0 amide bonds. The van der Waals surface area contributed by atoms with Gasteiger partial charge in [0.15, 0.2) is 0 Å². The highest BCUT2D eigenvalue weighted by Gasteiger charge is 2.28. The molecular weight excluding hydrogens is 164 g/mol. The van der Waals surface area contributed by atoms with Gasteiger partial charge in [-0.25, -0.2) is 0 Å². The topological polar surface area (TPSA) is 98.7 Å². The number of hydrogen-bond acceptors (Lipinski definition) is 4. The first-order valence-electron chi connectivity index (χ1n) is 3.53. The Morgan fingerprint density at radius 1 is 1.00 bits per heavy atom. The quantitative estimate of drug-likeness (QED) is 0.390. The van der Waals surface area contributed by atoms with E-state index >= 15 is 0 Å². The second kappa shape index (κ2) is 3.51. The average Bonchev–Trinajstić information content (AvgIpc) is 2.04. The summed E-state index contributed by atoms with van der Waals surface area (Å²) < 4.78 is 0. The van der Waals surface area contributed by atoms with Crippen LogP contribution in [0.15, 0.2) is 0 Å². The summed E-state index contributed by atoms with van der Waals surface area (Å²) >= 11 is 0. The summed E-state index contributed by atoms with van der Waals surface area (Å²) in [5.74, 6) is -1.93. The third-order valence-corrected chi connectivity index (χ3v) is 1.73. The van der Waals surface area contributed by atoms with Crippen molar-refractivity contribution in [2.75, 3.05) is 13.1 Å². The van der Waals surface area contributed by atoms with E-state index in [0.29, 0.717) is 0 Å². The molecule has 6 nitrogen and oxygen atoms in total. The van der Waals surface area contributed by atoms with E-state index in [-0.39, 0.29) is 13.1 Å². The normalized spacial score (nSPS) is 29.7. The fraction of sp³-hybridized carbons (Fsp3) is 0.667. The van der Waals surface area contributed by atoms with Crippen LogP contribution in [0.2, 0.25) is 0 Å². The summed E-state index contributed by atoms with van der Waals surface area (Å²) in [5.41, 5.74) is 0. The van der Waals surface area contributed by atoms with Gasteiger partial charge in [-0.15, -0.1) is 0 Å². The minimum atomic E-state index is -0.966. The molecule has 0 spiro atoms. The van der Waals surface area contributed by atoms with Gasteiger partial charge >= 0.3 is 11.9 Å². The molecule has 68 valence electrons. The smallest absolute Gasteiger partial charge is 0.322 e. The van der Waals surface area contributed by atoms with Crippen LogP contribution in [0.1, 0.15) is 0 Å². The standard InChI is InChI=1S/C6H10N2O4/c9-5(10)3-1-7-4(2-8-3)6(11)12/h3-4,7-8H,1-2H2,(H,9,10)(H,11,12)/t3-,4+. The van der Waals surface area contributed by atoms with E-state index < -0.39 is 24.0 Å². The molecule has 1 saturated heterocycles. The molecule has 4 N–H and O–H groups in total. The van der Waals surface area contributed by atoms with Crippen LogP contribution in [-0.2, 0) is 9.59 Å². The zero-order valence-electron chi connectivity index (χ0n) is 6.28. The first-order valence-corrected chi connectivity index (χ1v) is 3.53. The molecule has 6 heteroatoms.